The smallest absolute Gasteiger partial charge is 0.224 e. The maximum absolute atomic E-state index is 5.59. The van der Waals surface area contributed by atoms with E-state index in [1.807, 2.05) is 23.7 Å². The van der Waals surface area contributed by atoms with E-state index in [0.717, 1.165) is 11.6 Å². The molecule has 0 saturated carbocycles. The van der Waals surface area contributed by atoms with Crippen molar-refractivity contribution < 1.29 is 4.74 Å². The highest BCUT2D eigenvalue weighted by atomic mass is 16.5. The molecule has 0 radical (unpaired) electrons. The highest BCUT2D eigenvalue weighted by Gasteiger charge is 2.07. The highest BCUT2D eigenvalue weighted by molar-refractivity contribution is 5.41. The number of rotatable bonds is 4. The third kappa shape index (κ3) is 2.47. The molecule has 1 aromatic heterocycles. The second kappa shape index (κ2) is 4.73. The van der Waals surface area contributed by atoms with E-state index in [-0.39, 0.29) is 0 Å². The minimum Gasteiger partial charge on any atom is -0.486 e. The van der Waals surface area contributed by atoms with Gasteiger partial charge >= 0.3 is 0 Å². The Hall–Kier alpha value is -2.24. The Balaban J connectivity index is 2.02. The number of aromatic nitrogens is 3. The van der Waals surface area contributed by atoms with Crippen LogP contribution in [0.1, 0.15) is 5.82 Å². The maximum Gasteiger partial charge on any atom is 0.224 e. The fourth-order valence-electron chi connectivity index (χ4n) is 1.42. The molecule has 0 amide bonds. The van der Waals surface area contributed by atoms with Gasteiger partial charge in [0.05, 0.1) is 0 Å². The summed E-state index contributed by atoms with van der Waals surface area (Å²) in [6, 6.07) is 7.24. The average molecular weight is 233 g/mol. The molecule has 0 aliphatic heterocycles. The first-order valence-electron chi connectivity index (χ1n) is 5.25. The Kier molecular flexibility index (Phi) is 3.13. The van der Waals surface area contributed by atoms with Crippen LogP contribution in [-0.4, -0.2) is 21.8 Å². The highest BCUT2D eigenvalue weighted by Crippen LogP contribution is 2.15. The standard InChI is InChI=1S/C11H15N5O/c1-13-11-15-14-10(16(11)2)7-17-9-5-3-8(12)4-6-9/h3-6H,7,12H2,1-2H3,(H,13,15). The van der Waals surface area contributed by atoms with E-state index < -0.39 is 0 Å². The van der Waals surface area contributed by atoms with Crippen LogP contribution in [0.15, 0.2) is 24.3 Å². The molecule has 0 bridgehead atoms. The number of nitrogens with one attached hydrogen (secondary N) is 1. The van der Waals surface area contributed by atoms with Crippen molar-refractivity contribution >= 4 is 11.6 Å². The lowest BCUT2D eigenvalue weighted by molar-refractivity contribution is 0.291. The zero-order valence-electron chi connectivity index (χ0n) is 9.84. The average Bonchev–Trinajstić information content (AvgIpc) is 2.69. The van der Waals surface area contributed by atoms with Crippen LogP contribution in [0.3, 0.4) is 0 Å². The van der Waals surface area contributed by atoms with Gasteiger partial charge in [-0.1, -0.05) is 0 Å². The van der Waals surface area contributed by atoms with Crippen LogP contribution in [0.25, 0.3) is 0 Å². The van der Waals surface area contributed by atoms with Crippen molar-refractivity contribution in [1.82, 2.24) is 14.8 Å². The van der Waals surface area contributed by atoms with Gasteiger partial charge in [-0.25, -0.2) is 0 Å². The summed E-state index contributed by atoms with van der Waals surface area (Å²) < 4.78 is 7.42. The molecular weight excluding hydrogens is 218 g/mol. The lowest BCUT2D eigenvalue weighted by Crippen LogP contribution is -2.05. The van der Waals surface area contributed by atoms with E-state index in [2.05, 4.69) is 15.5 Å². The molecule has 6 nitrogen and oxygen atoms in total. The van der Waals surface area contributed by atoms with Gasteiger partial charge in [0, 0.05) is 19.8 Å². The fraction of sp³-hybridized carbons (Fsp3) is 0.273. The molecule has 0 fully saturated rings. The van der Waals surface area contributed by atoms with Gasteiger partial charge in [-0.15, -0.1) is 10.2 Å². The zero-order valence-corrected chi connectivity index (χ0v) is 9.84. The quantitative estimate of drug-likeness (QED) is 0.771. The molecule has 1 aromatic carbocycles. The van der Waals surface area contributed by atoms with Crippen molar-refractivity contribution in [2.75, 3.05) is 18.1 Å². The number of hydrogen-bond acceptors (Lipinski definition) is 5. The summed E-state index contributed by atoms with van der Waals surface area (Å²) in [7, 11) is 3.68. The first-order chi connectivity index (χ1) is 8.20. The maximum atomic E-state index is 5.59. The first-order valence-corrected chi connectivity index (χ1v) is 5.25. The van der Waals surface area contributed by atoms with Gasteiger partial charge in [0.1, 0.15) is 12.4 Å². The van der Waals surface area contributed by atoms with Crippen LogP contribution in [-0.2, 0) is 13.7 Å². The third-order valence-corrected chi connectivity index (χ3v) is 2.44. The van der Waals surface area contributed by atoms with Crippen molar-refractivity contribution in [3.8, 4) is 5.75 Å². The summed E-state index contributed by atoms with van der Waals surface area (Å²) >= 11 is 0. The molecule has 0 unspecified atom stereocenters. The van der Waals surface area contributed by atoms with Crippen LogP contribution in [0.2, 0.25) is 0 Å². The van der Waals surface area contributed by atoms with Crippen LogP contribution in [0, 0.1) is 0 Å². The molecule has 2 rings (SSSR count). The van der Waals surface area contributed by atoms with Crippen LogP contribution >= 0.6 is 0 Å². The van der Waals surface area contributed by atoms with Crippen molar-refractivity contribution in [3.05, 3.63) is 30.1 Å². The number of benzene rings is 1. The predicted octanol–water partition coefficient (Wildman–Crippen LogP) is 1.02. The first kappa shape index (κ1) is 11.3. The lowest BCUT2D eigenvalue weighted by atomic mass is 10.3. The third-order valence-electron chi connectivity index (χ3n) is 2.44. The van der Waals surface area contributed by atoms with Gasteiger partial charge in [-0.2, -0.15) is 0 Å². The van der Waals surface area contributed by atoms with E-state index in [4.69, 9.17) is 10.5 Å². The van der Waals surface area contributed by atoms with Gasteiger partial charge in [0.2, 0.25) is 5.95 Å². The molecule has 0 aliphatic rings. The Labute approximate surface area is 99.4 Å². The monoisotopic (exact) mass is 233 g/mol. The molecule has 0 saturated heterocycles. The largest absolute Gasteiger partial charge is 0.486 e. The number of hydrogen-bond donors (Lipinski definition) is 2. The minimum absolute atomic E-state index is 0.370. The summed E-state index contributed by atoms with van der Waals surface area (Å²) in [5.41, 5.74) is 6.31. The number of anilines is 2. The van der Waals surface area contributed by atoms with Crippen LogP contribution in [0.4, 0.5) is 11.6 Å². The van der Waals surface area contributed by atoms with Gasteiger partial charge in [0.25, 0.3) is 0 Å². The fourth-order valence-corrected chi connectivity index (χ4v) is 1.42. The number of nitrogen functional groups attached to an aromatic ring is 1. The Morgan fingerprint density at radius 1 is 1.29 bits per heavy atom. The molecule has 0 spiro atoms. The van der Waals surface area contributed by atoms with Gasteiger partial charge < -0.3 is 15.8 Å². The summed E-state index contributed by atoms with van der Waals surface area (Å²) in [5, 5.41) is 10.9. The molecular formula is C11H15N5O. The summed E-state index contributed by atoms with van der Waals surface area (Å²) in [6.45, 7) is 0.370. The van der Waals surface area contributed by atoms with Gasteiger partial charge in [-0.05, 0) is 24.3 Å². The second-order valence-corrected chi connectivity index (χ2v) is 3.61. The second-order valence-electron chi connectivity index (χ2n) is 3.61. The zero-order chi connectivity index (χ0) is 12.3. The Bertz CT molecular complexity index is 491. The van der Waals surface area contributed by atoms with E-state index in [9.17, 15) is 0 Å². The summed E-state index contributed by atoms with van der Waals surface area (Å²) in [6.07, 6.45) is 0. The minimum atomic E-state index is 0.370. The topological polar surface area (TPSA) is 78.0 Å². The molecule has 0 aliphatic carbocycles. The van der Waals surface area contributed by atoms with E-state index >= 15 is 0 Å². The number of ether oxygens (including phenoxy) is 1. The number of nitrogens with zero attached hydrogens (tertiary/aromatic N) is 3. The summed E-state index contributed by atoms with van der Waals surface area (Å²) in [5.74, 6) is 2.22. The Morgan fingerprint density at radius 2 is 2.00 bits per heavy atom. The number of nitrogens with two attached hydrogens (primary N) is 1. The molecule has 1 heterocycles. The van der Waals surface area contributed by atoms with Crippen molar-refractivity contribution in [2.24, 2.45) is 7.05 Å². The SMILES string of the molecule is CNc1nnc(COc2ccc(N)cc2)n1C. The van der Waals surface area contributed by atoms with Crippen molar-refractivity contribution in [1.29, 1.82) is 0 Å². The normalized spacial score (nSPS) is 10.2. The van der Waals surface area contributed by atoms with Crippen LogP contribution in [0.5, 0.6) is 5.75 Å². The molecule has 6 heteroatoms. The molecule has 0 atom stereocenters. The lowest BCUT2D eigenvalue weighted by Gasteiger charge is -2.06. The van der Waals surface area contributed by atoms with E-state index in [0.29, 0.717) is 18.2 Å². The summed E-state index contributed by atoms with van der Waals surface area (Å²) in [4.78, 5) is 0. The molecule has 17 heavy (non-hydrogen) atoms. The van der Waals surface area contributed by atoms with Crippen LogP contribution < -0.4 is 15.8 Å². The molecule has 3 N–H and O–H groups in total. The van der Waals surface area contributed by atoms with Crippen molar-refractivity contribution in [2.45, 2.75) is 6.61 Å². The predicted molar refractivity (Wildman–Crippen MR) is 65.7 cm³/mol. The van der Waals surface area contributed by atoms with Gasteiger partial charge in [0.15, 0.2) is 5.82 Å². The van der Waals surface area contributed by atoms with Gasteiger partial charge in [-0.3, -0.25) is 4.57 Å². The van der Waals surface area contributed by atoms with E-state index in [1.165, 1.54) is 0 Å². The molecule has 2 aromatic rings. The Morgan fingerprint density at radius 3 is 2.59 bits per heavy atom. The van der Waals surface area contributed by atoms with E-state index in [1.54, 1.807) is 19.2 Å². The molecule has 90 valence electrons. The van der Waals surface area contributed by atoms with Crippen molar-refractivity contribution in [3.63, 3.8) is 0 Å².